The average Bonchev–Trinajstić information content (AvgIpc) is 2.82. The van der Waals surface area contributed by atoms with Gasteiger partial charge in [-0.2, -0.15) is 0 Å². The zero-order chi connectivity index (χ0) is 12.2. The molecule has 0 saturated carbocycles. The van der Waals surface area contributed by atoms with E-state index in [0.29, 0.717) is 0 Å². The zero-order valence-corrected chi connectivity index (χ0v) is 11.7. The molecule has 0 spiro atoms. The molecule has 2 aromatic rings. The first-order valence-electron chi connectivity index (χ1n) is 6.05. The molecule has 0 N–H and O–H groups in total. The molecule has 0 radical (unpaired) electrons. The minimum Gasteiger partial charge on any atom is -0.379 e. The van der Waals surface area contributed by atoms with Gasteiger partial charge in [0.05, 0.1) is 24.1 Å². The van der Waals surface area contributed by atoms with Gasteiger partial charge in [-0.05, 0) is 6.07 Å². The van der Waals surface area contributed by atoms with Crippen LogP contribution < -0.4 is 0 Å². The van der Waals surface area contributed by atoms with E-state index in [4.69, 9.17) is 4.74 Å². The van der Waals surface area contributed by atoms with Gasteiger partial charge in [0.2, 0.25) is 0 Å². The van der Waals surface area contributed by atoms with Gasteiger partial charge in [0, 0.05) is 31.6 Å². The lowest BCUT2D eigenvalue weighted by molar-refractivity contribution is 0.0410. The highest BCUT2D eigenvalue weighted by Crippen LogP contribution is 2.28. The van der Waals surface area contributed by atoms with Crippen molar-refractivity contribution < 1.29 is 4.74 Å². The summed E-state index contributed by atoms with van der Waals surface area (Å²) < 4.78 is 7.70. The third-order valence-electron chi connectivity index (χ3n) is 2.91. The highest BCUT2D eigenvalue weighted by molar-refractivity contribution is 8.01. The summed E-state index contributed by atoms with van der Waals surface area (Å²) in [5.74, 6) is 1.09. The first-order valence-corrected chi connectivity index (χ1v) is 7.85. The van der Waals surface area contributed by atoms with Crippen LogP contribution in [0, 0.1) is 0 Å². The Morgan fingerprint density at radius 2 is 2.28 bits per heavy atom. The Bertz CT molecular complexity index is 478. The predicted octanol–water partition coefficient (Wildman–Crippen LogP) is 2.12. The first kappa shape index (κ1) is 12.3. The Morgan fingerprint density at radius 1 is 1.39 bits per heavy atom. The van der Waals surface area contributed by atoms with E-state index in [9.17, 15) is 0 Å². The van der Waals surface area contributed by atoms with Crippen molar-refractivity contribution in [1.82, 2.24) is 14.9 Å². The molecule has 0 bridgehead atoms. The molecule has 1 aliphatic heterocycles. The Labute approximate surface area is 114 Å². The van der Waals surface area contributed by atoms with E-state index in [1.54, 1.807) is 11.3 Å². The number of morpholine rings is 1. The van der Waals surface area contributed by atoms with Crippen LogP contribution in [0.3, 0.4) is 0 Å². The molecule has 6 heteroatoms. The summed E-state index contributed by atoms with van der Waals surface area (Å²) >= 11 is 3.59. The Balaban J connectivity index is 1.53. The highest BCUT2D eigenvalue weighted by atomic mass is 32.2. The van der Waals surface area contributed by atoms with E-state index in [1.807, 2.05) is 30.2 Å². The fraction of sp³-hybridized carbons (Fsp3) is 0.500. The van der Waals surface area contributed by atoms with Gasteiger partial charge in [-0.3, -0.25) is 9.88 Å². The molecule has 2 aromatic heterocycles. The first-order chi connectivity index (χ1) is 8.92. The molecular formula is C12H15N3OS2. The maximum Gasteiger partial charge on any atom is 0.151 e. The van der Waals surface area contributed by atoms with E-state index < -0.39 is 0 Å². The van der Waals surface area contributed by atoms with Crippen LogP contribution in [0.1, 0.15) is 0 Å². The third kappa shape index (κ3) is 3.00. The summed E-state index contributed by atoms with van der Waals surface area (Å²) in [6.45, 7) is 4.98. The van der Waals surface area contributed by atoms with Crippen LogP contribution in [0.2, 0.25) is 0 Å². The quantitative estimate of drug-likeness (QED) is 0.803. The minimum absolute atomic E-state index is 0.872. The number of ether oxygens (including phenoxy) is 1. The van der Waals surface area contributed by atoms with E-state index >= 15 is 0 Å². The molecule has 96 valence electrons. The molecular weight excluding hydrogens is 266 g/mol. The van der Waals surface area contributed by atoms with E-state index in [-0.39, 0.29) is 0 Å². The third-order valence-corrected chi connectivity index (χ3v) is 5.07. The van der Waals surface area contributed by atoms with Gasteiger partial charge >= 0.3 is 0 Å². The lowest BCUT2D eigenvalue weighted by Crippen LogP contribution is -2.37. The molecule has 1 aliphatic rings. The molecule has 0 unspecified atom stereocenters. The number of thioether (sulfide) groups is 1. The summed E-state index contributed by atoms with van der Waals surface area (Å²) in [6.07, 6.45) is 3.65. The molecule has 1 saturated heterocycles. The van der Waals surface area contributed by atoms with Crippen molar-refractivity contribution in [1.29, 1.82) is 0 Å². The fourth-order valence-corrected chi connectivity index (χ4v) is 4.01. The molecule has 1 fully saturated rings. The van der Waals surface area contributed by atoms with Gasteiger partial charge in [0.15, 0.2) is 4.34 Å². The van der Waals surface area contributed by atoms with E-state index in [2.05, 4.69) is 14.9 Å². The number of hydrogen-bond acceptors (Lipinski definition) is 6. The standard InChI is InChI=1S/C12H15N3OS2/c1-2-13-9-10-11(1)18-12(14-10)17-8-5-15-3-6-16-7-4-15/h1-2,9H,3-8H2. The largest absolute Gasteiger partial charge is 0.379 e. The second kappa shape index (κ2) is 5.97. The molecule has 0 amide bonds. The maximum atomic E-state index is 5.34. The average molecular weight is 281 g/mol. The van der Waals surface area contributed by atoms with Gasteiger partial charge in [-0.15, -0.1) is 11.3 Å². The van der Waals surface area contributed by atoms with Crippen molar-refractivity contribution in [2.45, 2.75) is 4.34 Å². The summed E-state index contributed by atoms with van der Waals surface area (Å²) in [7, 11) is 0. The van der Waals surface area contributed by atoms with Crippen LogP contribution in [-0.4, -0.2) is 53.5 Å². The van der Waals surface area contributed by atoms with Gasteiger partial charge in [0.1, 0.15) is 5.52 Å². The molecule has 0 aliphatic carbocycles. The van der Waals surface area contributed by atoms with Crippen molar-refractivity contribution >= 4 is 33.3 Å². The number of aromatic nitrogens is 2. The fourth-order valence-electron chi connectivity index (χ4n) is 1.91. The molecule has 0 aromatic carbocycles. The monoisotopic (exact) mass is 281 g/mol. The molecule has 3 heterocycles. The van der Waals surface area contributed by atoms with Crippen molar-refractivity contribution in [3.8, 4) is 0 Å². The van der Waals surface area contributed by atoms with Gasteiger partial charge in [-0.1, -0.05) is 11.8 Å². The molecule has 3 rings (SSSR count). The minimum atomic E-state index is 0.872. The maximum absolute atomic E-state index is 5.34. The van der Waals surface area contributed by atoms with Crippen molar-refractivity contribution in [2.24, 2.45) is 0 Å². The lowest BCUT2D eigenvalue weighted by Gasteiger charge is -2.26. The lowest BCUT2D eigenvalue weighted by atomic mass is 10.4. The zero-order valence-electron chi connectivity index (χ0n) is 10.0. The normalized spacial score (nSPS) is 17.3. The second-order valence-electron chi connectivity index (χ2n) is 4.13. The Kier molecular flexibility index (Phi) is 4.09. The highest BCUT2D eigenvalue weighted by Gasteiger charge is 2.10. The van der Waals surface area contributed by atoms with Crippen LogP contribution in [0.4, 0.5) is 0 Å². The van der Waals surface area contributed by atoms with Gasteiger partial charge in [-0.25, -0.2) is 4.98 Å². The molecule has 4 nitrogen and oxygen atoms in total. The number of thiazole rings is 1. The van der Waals surface area contributed by atoms with E-state index in [0.717, 1.165) is 48.5 Å². The Morgan fingerprint density at radius 3 is 3.11 bits per heavy atom. The number of nitrogens with zero attached hydrogens (tertiary/aromatic N) is 3. The van der Waals surface area contributed by atoms with Crippen LogP contribution in [0.15, 0.2) is 22.8 Å². The summed E-state index contributed by atoms with van der Waals surface area (Å²) in [5.41, 5.74) is 1.01. The number of rotatable bonds is 4. The summed E-state index contributed by atoms with van der Waals surface area (Å²) in [4.78, 5) is 11.1. The van der Waals surface area contributed by atoms with Crippen molar-refractivity contribution in [3.05, 3.63) is 18.5 Å². The van der Waals surface area contributed by atoms with Crippen LogP contribution in [-0.2, 0) is 4.74 Å². The SMILES string of the molecule is c1cc2sc(SCCN3CCOCC3)nc2cn1. The smallest absolute Gasteiger partial charge is 0.151 e. The topological polar surface area (TPSA) is 38.2 Å². The van der Waals surface area contributed by atoms with Gasteiger partial charge < -0.3 is 4.74 Å². The second-order valence-corrected chi connectivity index (χ2v) is 6.50. The number of hydrogen-bond donors (Lipinski definition) is 0. The van der Waals surface area contributed by atoms with Crippen LogP contribution in [0.5, 0.6) is 0 Å². The summed E-state index contributed by atoms with van der Waals surface area (Å²) in [6, 6.07) is 2.03. The van der Waals surface area contributed by atoms with Crippen LogP contribution >= 0.6 is 23.1 Å². The van der Waals surface area contributed by atoms with Gasteiger partial charge in [0.25, 0.3) is 0 Å². The molecule has 0 atom stereocenters. The molecule has 18 heavy (non-hydrogen) atoms. The number of pyridine rings is 1. The predicted molar refractivity (Wildman–Crippen MR) is 75.4 cm³/mol. The van der Waals surface area contributed by atoms with Crippen molar-refractivity contribution in [3.63, 3.8) is 0 Å². The Hall–Kier alpha value is -0.690. The van der Waals surface area contributed by atoms with Crippen LogP contribution in [0.25, 0.3) is 10.2 Å². The van der Waals surface area contributed by atoms with Crippen molar-refractivity contribution in [2.75, 3.05) is 38.6 Å². The van der Waals surface area contributed by atoms with E-state index in [1.165, 1.54) is 4.70 Å². The number of fused-ring (bicyclic) bond motifs is 1. The summed E-state index contributed by atoms with van der Waals surface area (Å²) in [5, 5.41) is 0.